The number of aliphatic hydroxyl groups is 1. The summed E-state index contributed by atoms with van der Waals surface area (Å²) in [7, 11) is 1.37. The van der Waals surface area contributed by atoms with Crippen molar-refractivity contribution in [2.45, 2.75) is 19.4 Å². The molecule has 4 nitrogen and oxygen atoms in total. The number of benzene rings is 1. The molecule has 0 saturated carbocycles. The van der Waals surface area contributed by atoms with Crippen LogP contribution in [-0.4, -0.2) is 30.8 Å². The fourth-order valence-electron chi connectivity index (χ4n) is 1.43. The lowest BCUT2D eigenvalue weighted by atomic mass is 10.1. The third kappa shape index (κ3) is 3.17. The van der Waals surface area contributed by atoms with Gasteiger partial charge >= 0.3 is 0 Å². The van der Waals surface area contributed by atoms with E-state index in [4.69, 9.17) is 9.84 Å². The maximum atomic E-state index is 13.5. The van der Waals surface area contributed by atoms with Crippen LogP contribution in [0.1, 0.15) is 23.7 Å². The van der Waals surface area contributed by atoms with Crippen molar-refractivity contribution in [1.82, 2.24) is 5.32 Å². The smallest absolute Gasteiger partial charge is 0.258 e. The van der Waals surface area contributed by atoms with Crippen LogP contribution in [0.15, 0.2) is 18.2 Å². The number of nitrogens with one attached hydrogen (secondary N) is 1. The molecule has 0 bridgehead atoms. The van der Waals surface area contributed by atoms with Gasteiger partial charge in [0.1, 0.15) is 17.1 Å². The summed E-state index contributed by atoms with van der Waals surface area (Å²) >= 11 is 0. The highest BCUT2D eigenvalue weighted by Gasteiger charge is 2.19. The summed E-state index contributed by atoms with van der Waals surface area (Å²) in [6, 6.07) is 3.79. The fourth-order valence-corrected chi connectivity index (χ4v) is 1.43. The normalized spacial score (nSPS) is 12.0. The van der Waals surface area contributed by atoms with Gasteiger partial charge in [-0.25, -0.2) is 4.39 Å². The lowest BCUT2D eigenvalue weighted by Crippen LogP contribution is -2.37. The van der Waals surface area contributed by atoms with E-state index in [0.29, 0.717) is 6.42 Å². The van der Waals surface area contributed by atoms with E-state index in [-0.39, 0.29) is 24.0 Å². The van der Waals surface area contributed by atoms with Gasteiger partial charge in [-0.3, -0.25) is 4.79 Å². The molecule has 0 radical (unpaired) electrons. The van der Waals surface area contributed by atoms with Crippen LogP contribution in [0, 0.1) is 5.82 Å². The second-order valence-electron chi connectivity index (χ2n) is 3.58. The van der Waals surface area contributed by atoms with E-state index in [0.717, 1.165) is 0 Å². The first-order chi connectivity index (χ1) is 8.13. The van der Waals surface area contributed by atoms with E-state index >= 15 is 0 Å². The minimum atomic E-state index is -0.644. The number of carbonyl (C=O) groups is 1. The molecular formula is C12H16FNO3. The van der Waals surface area contributed by atoms with Gasteiger partial charge in [0.15, 0.2) is 0 Å². The summed E-state index contributed by atoms with van der Waals surface area (Å²) in [6.07, 6.45) is 0.568. The Balaban J connectivity index is 2.95. The lowest BCUT2D eigenvalue weighted by molar-refractivity contribution is 0.0907. The molecule has 1 aromatic carbocycles. The Kier molecular flexibility index (Phi) is 4.90. The maximum Gasteiger partial charge on any atom is 0.258 e. The number of amides is 1. The first kappa shape index (κ1) is 13.4. The zero-order chi connectivity index (χ0) is 12.8. The zero-order valence-electron chi connectivity index (χ0n) is 9.87. The monoisotopic (exact) mass is 241 g/mol. The highest BCUT2D eigenvalue weighted by molar-refractivity contribution is 5.97. The average Bonchev–Trinajstić information content (AvgIpc) is 2.35. The summed E-state index contributed by atoms with van der Waals surface area (Å²) in [5, 5.41) is 11.5. The van der Waals surface area contributed by atoms with Gasteiger partial charge in [0.25, 0.3) is 5.91 Å². The molecule has 94 valence electrons. The molecule has 0 saturated heterocycles. The standard InChI is InChI=1S/C12H16FNO3/c1-3-8(7-15)14-12(16)11-9(13)5-4-6-10(11)17-2/h4-6,8,15H,3,7H2,1-2H3,(H,14,16)/t8-/m1/s1. The van der Waals surface area contributed by atoms with Gasteiger partial charge in [0.05, 0.1) is 19.8 Å². The summed E-state index contributed by atoms with van der Waals surface area (Å²) in [4.78, 5) is 11.8. The van der Waals surface area contributed by atoms with Crippen molar-refractivity contribution in [3.8, 4) is 5.75 Å². The van der Waals surface area contributed by atoms with E-state index in [9.17, 15) is 9.18 Å². The van der Waals surface area contributed by atoms with Crippen LogP contribution >= 0.6 is 0 Å². The first-order valence-electron chi connectivity index (χ1n) is 5.38. The number of aliphatic hydroxyl groups excluding tert-OH is 1. The van der Waals surface area contributed by atoms with E-state index < -0.39 is 11.7 Å². The topological polar surface area (TPSA) is 58.6 Å². The van der Waals surface area contributed by atoms with Gasteiger partial charge in [-0.05, 0) is 18.6 Å². The predicted molar refractivity (Wildman–Crippen MR) is 61.6 cm³/mol. The van der Waals surface area contributed by atoms with Crippen LogP contribution in [0.5, 0.6) is 5.75 Å². The summed E-state index contributed by atoms with van der Waals surface area (Å²) in [5.41, 5.74) is -0.137. The van der Waals surface area contributed by atoms with E-state index in [1.165, 1.54) is 25.3 Å². The Hall–Kier alpha value is -1.62. The Labute approximate surface area is 99.4 Å². The molecule has 1 aromatic rings. The third-order valence-electron chi connectivity index (χ3n) is 2.47. The molecule has 0 fully saturated rings. The minimum absolute atomic E-state index is 0.137. The predicted octanol–water partition coefficient (Wildman–Crippen LogP) is 1.34. The molecule has 2 N–H and O–H groups in total. The second-order valence-corrected chi connectivity index (χ2v) is 3.58. The first-order valence-corrected chi connectivity index (χ1v) is 5.38. The van der Waals surface area contributed by atoms with Crippen LogP contribution < -0.4 is 10.1 Å². The van der Waals surface area contributed by atoms with Crippen LogP contribution in [0.2, 0.25) is 0 Å². The van der Waals surface area contributed by atoms with Crippen LogP contribution in [-0.2, 0) is 0 Å². The molecule has 17 heavy (non-hydrogen) atoms. The zero-order valence-corrected chi connectivity index (χ0v) is 9.87. The van der Waals surface area contributed by atoms with E-state index in [2.05, 4.69) is 5.32 Å². The largest absolute Gasteiger partial charge is 0.496 e. The van der Waals surface area contributed by atoms with Crippen molar-refractivity contribution < 1.29 is 19.0 Å². The molecule has 1 rings (SSSR count). The minimum Gasteiger partial charge on any atom is -0.496 e. The fraction of sp³-hybridized carbons (Fsp3) is 0.417. The second kappa shape index (κ2) is 6.20. The van der Waals surface area contributed by atoms with Crippen molar-refractivity contribution in [3.63, 3.8) is 0 Å². The molecule has 1 amide bonds. The molecule has 0 aliphatic heterocycles. The van der Waals surface area contributed by atoms with Crippen molar-refractivity contribution in [1.29, 1.82) is 0 Å². The van der Waals surface area contributed by atoms with Gasteiger partial charge in [-0.2, -0.15) is 0 Å². The molecule has 0 aliphatic carbocycles. The molecule has 0 unspecified atom stereocenters. The number of hydrogen-bond donors (Lipinski definition) is 2. The highest BCUT2D eigenvalue weighted by atomic mass is 19.1. The number of halogens is 1. The Morgan fingerprint density at radius 1 is 1.59 bits per heavy atom. The van der Waals surface area contributed by atoms with Gasteiger partial charge in [-0.15, -0.1) is 0 Å². The number of methoxy groups -OCH3 is 1. The molecule has 0 aliphatic rings. The van der Waals surface area contributed by atoms with Gasteiger partial charge in [0, 0.05) is 0 Å². The van der Waals surface area contributed by atoms with Crippen LogP contribution in [0.25, 0.3) is 0 Å². The van der Waals surface area contributed by atoms with Crippen molar-refractivity contribution >= 4 is 5.91 Å². The van der Waals surface area contributed by atoms with Gasteiger partial charge in [0.2, 0.25) is 0 Å². The molecule has 1 atom stereocenters. The van der Waals surface area contributed by atoms with E-state index in [1.807, 2.05) is 6.92 Å². The Morgan fingerprint density at radius 2 is 2.29 bits per heavy atom. The molecule has 0 spiro atoms. The summed E-state index contributed by atoms with van der Waals surface area (Å²) < 4.78 is 18.5. The van der Waals surface area contributed by atoms with Crippen LogP contribution in [0.4, 0.5) is 4.39 Å². The third-order valence-corrected chi connectivity index (χ3v) is 2.47. The Bertz CT molecular complexity index is 391. The molecular weight excluding hydrogens is 225 g/mol. The molecule has 0 aromatic heterocycles. The average molecular weight is 241 g/mol. The quantitative estimate of drug-likeness (QED) is 0.817. The van der Waals surface area contributed by atoms with Gasteiger partial charge < -0.3 is 15.2 Å². The van der Waals surface area contributed by atoms with Gasteiger partial charge in [-0.1, -0.05) is 13.0 Å². The highest BCUT2D eigenvalue weighted by Crippen LogP contribution is 2.21. The summed E-state index contributed by atoms with van der Waals surface area (Å²) in [5.74, 6) is -1.05. The molecule has 0 heterocycles. The lowest BCUT2D eigenvalue weighted by Gasteiger charge is -2.15. The maximum absolute atomic E-state index is 13.5. The van der Waals surface area contributed by atoms with Crippen molar-refractivity contribution in [2.24, 2.45) is 0 Å². The van der Waals surface area contributed by atoms with Crippen molar-refractivity contribution in [2.75, 3.05) is 13.7 Å². The number of carbonyl (C=O) groups excluding carboxylic acids is 1. The SMILES string of the molecule is CC[C@H](CO)NC(=O)c1c(F)cccc1OC. The summed E-state index contributed by atoms with van der Waals surface area (Å²) in [6.45, 7) is 1.64. The van der Waals surface area contributed by atoms with Crippen molar-refractivity contribution in [3.05, 3.63) is 29.6 Å². The Morgan fingerprint density at radius 3 is 2.82 bits per heavy atom. The number of ether oxygens (including phenoxy) is 1. The van der Waals surface area contributed by atoms with E-state index in [1.54, 1.807) is 0 Å². The number of hydrogen-bond acceptors (Lipinski definition) is 3. The number of rotatable bonds is 5. The van der Waals surface area contributed by atoms with Crippen LogP contribution in [0.3, 0.4) is 0 Å². The molecule has 5 heteroatoms.